The van der Waals surface area contributed by atoms with Crippen molar-refractivity contribution in [3.63, 3.8) is 0 Å². The first-order valence-corrected chi connectivity index (χ1v) is 13.1. The molecule has 2 aromatic rings. The van der Waals surface area contributed by atoms with E-state index in [0.29, 0.717) is 46.8 Å². The molecular weight excluding hydrogens is 515 g/mol. The van der Waals surface area contributed by atoms with Crippen molar-refractivity contribution >= 4 is 52.6 Å². The Morgan fingerprint density at radius 3 is 2.14 bits per heavy atom. The van der Waals surface area contributed by atoms with Crippen molar-refractivity contribution in [3.8, 4) is 0 Å². The SMILES string of the molecule is CCC(NC(=O)OC(C)(C)C)C(=O)Nc1ccc(C2CCN(C(=O)Nc3c(Cl)cccc3Cl)CC2)cc1. The molecule has 0 spiro atoms. The van der Waals surface area contributed by atoms with Gasteiger partial charge in [-0.05, 0) is 75.8 Å². The third-order valence-corrected chi connectivity index (χ3v) is 6.67. The Bertz CT molecular complexity index is 1090. The summed E-state index contributed by atoms with van der Waals surface area (Å²) in [6.45, 7) is 8.33. The Kier molecular flexibility index (Phi) is 9.68. The number of nitrogens with zero attached hydrogens (tertiary/aromatic N) is 1. The average molecular weight is 549 g/mol. The van der Waals surface area contributed by atoms with Gasteiger partial charge in [-0.3, -0.25) is 4.79 Å². The molecule has 1 fully saturated rings. The number of alkyl carbamates (subject to hydrolysis) is 1. The molecular formula is C27H34Cl2N4O4. The van der Waals surface area contributed by atoms with Gasteiger partial charge in [0.25, 0.3) is 0 Å². The molecule has 1 aliphatic rings. The van der Waals surface area contributed by atoms with E-state index in [1.165, 1.54) is 0 Å². The maximum atomic E-state index is 12.7. The van der Waals surface area contributed by atoms with Crippen molar-refractivity contribution in [1.29, 1.82) is 0 Å². The minimum atomic E-state index is -0.703. The van der Waals surface area contributed by atoms with E-state index in [-0.39, 0.29) is 11.9 Å². The van der Waals surface area contributed by atoms with Crippen molar-refractivity contribution in [2.24, 2.45) is 0 Å². The van der Waals surface area contributed by atoms with Crippen molar-refractivity contribution in [2.45, 2.75) is 64.5 Å². The number of para-hydroxylation sites is 1. The van der Waals surface area contributed by atoms with Gasteiger partial charge in [-0.2, -0.15) is 0 Å². The number of likely N-dealkylation sites (tertiary alicyclic amines) is 1. The van der Waals surface area contributed by atoms with E-state index in [9.17, 15) is 14.4 Å². The highest BCUT2D eigenvalue weighted by atomic mass is 35.5. The largest absolute Gasteiger partial charge is 0.444 e. The highest BCUT2D eigenvalue weighted by molar-refractivity contribution is 6.39. The van der Waals surface area contributed by atoms with Gasteiger partial charge in [-0.1, -0.05) is 48.3 Å². The summed E-state index contributed by atoms with van der Waals surface area (Å²) < 4.78 is 5.25. The van der Waals surface area contributed by atoms with Crippen molar-refractivity contribution < 1.29 is 19.1 Å². The van der Waals surface area contributed by atoms with Crippen LogP contribution in [0.25, 0.3) is 0 Å². The van der Waals surface area contributed by atoms with Crippen LogP contribution in [0.15, 0.2) is 42.5 Å². The summed E-state index contributed by atoms with van der Waals surface area (Å²) in [5, 5.41) is 9.08. The molecule has 37 heavy (non-hydrogen) atoms. The minimum Gasteiger partial charge on any atom is -0.444 e. The third-order valence-electron chi connectivity index (χ3n) is 6.04. The van der Waals surface area contributed by atoms with Gasteiger partial charge in [-0.25, -0.2) is 9.59 Å². The normalized spacial score (nSPS) is 15.0. The number of urea groups is 1. The van der Waals surface area contributed by atoms with Crippen LogP contribution < -0.4 is 16.0 Å². The molecule has 3 rings (SSSR count). The van der Waals surface area contributed by atoms with E-state index >= 15 is 0 Å². The Morgan fingerprint density at radius 2 is 1.59 bits per heavy atom. The molecule has 1 unspecified atom stereocenters. The number of anilines is 2. The fourth-order valence-corrected chi connectivity index (χ4v) is 4.58. The quantitative estimate of drug-likeness (QED) is 0.376. The third kappa shape index (κ3) is 8.27. The first kappa shape index (κ1) is 28.6. The summed E-state index contributed by atoms with van der Waals surface area (Å²) in [6, 6.07) is 11.8. The van der Waals surface area contributed by atoms with Gasteiger partial charge in [0.05, 0.1) is 15.7 Å². The highest BCUT2D eigenvalue weighted by Crippen LogP contribution is 2.32. The van der Waals surface area contributed by atoms with E-state index < -0.39 is 17.7 Å². The Hall–Kier alpha value is -2.97. The van der Waals surface area contributed by atoms with Crippen LogP contribution in [0.2, 0.25) is 10.0 Å². The zero-order chi connectivity index (χ0) is 27.2. The van der Waals surface area contributed by atoms with Crippen molar-refractivity contribution in [3.05, 3.63) is 58.1 Å². The molecule has 0 aromatic heterocycles. The molecule has 10 heteroatoms. The van der Waals surface area contributed by atoms with Crippen molar-refractivity contribution in [2.75, 3.05) is 23.7 Å². The lowest BCUT2D eigenvalue weighted by Crippen LogP contribution is -2.45. The summed E-state index contributed by atoms with van der Waals surface area (Å²) in [5.74, 6) is -0.00557. The van der Waals surface area contributed by atoms with Gasteiger partial charge >= 0.3 is 12.1 Å². The van der Waals surface area contributed by atoms with Crippen LogP contribution in [0.1, 0.15) is 58.4 Å². The Balaban J connectivity index is 1.51. The predicted molar refractivity (Wildman–Crippen MR) is 148 cm³/mol. The number of nitrogens with one attached hydrogen (secondary N) is 3. The monoisotopic (exact) mass is 548 g/mol. The molecule has 8 nitrogen and oxygen atoms in total. The van der Waals surface area contributed by atoms with E-state index in [0.717, 1.165) is 18.4 Å². The average Bonchev–Trinajstić information content (AvgIpc) is 2.84. The molecule has 1 saturated heterocycles. The molecule has 0 bridgehead atoms. The fourth-order valence-electron chi connectivity index (χ4n) is 4.09. The van der Waals surface area contributed by atoms with Crippen molar-refractivity contribution in [1.82, 2.24) is 10.2 Å². The number of piperidine rings is 1. The van der Waals surface area contributed by atoms with E-state index in [1.54, 1.807) is 43.9 Å². The Morgan fingerprint density at radius 1 is 1.00 bits per heavy atom. The second kappa shape index (κ2) is 12.5. The van der Waals surface area contributed by atoms with Gasteiger partial charge in [0.1, 0.15) is 11.6 Å². The van der Waals surface area contributed by atoms with Gasteiger partial charge in [0, 0.05) is 18.8 Å². The standard InChI is InChI=1S/C27H34Cl2N4O4/c1-5-22(31-26(36)37-27(2,3)4)24(34)30-19-11-9-17(10-12-19)18-13-15-33(16-14-18)25(35)32-23-20(28)7-6-8-21(23)29/h6-12,18,22H,5,13-16H2,1-4H3,(H,30,34)(H,31,36)(H,32,35). The summed E-state index contributed by atoms with van der Waals surface area (Å²) in [6.07, 6.45) is 1.43. The number of hydrogen-bond acceptors (Lipinski definition) is 4. The molecule has 200 valence electrons. The second-order valence-electron chi connectivity index (χ2n) is 10.0. The lowest BCUT2D eigenvalue weighted by atomic mass is 9.89. The van der Waals surface area contributed by atoms with Gasteiger partial charge in [-0.15, -0.1) is 0 Å². The first-order valence-electron chi connectivity index (χ1n) is 12.4. The Labute approximate surface area is 228 Å². The smallest absolute Gasteiger partial charge is 0.408 e. The molecule has 0 saturated carbocycles. The van der Waals surface area contributed by atoms with Crippen LogP contribution in [0, 0.1) is 0 Å². The zero-order valence-electron chi connectivity index (χ0n) is 21.6. The number of carbonyl (C=O) groups is 3. The van der Waals surface area contributed by atoms with E-state index in [2.05, 4.69) is 16.0 Å². The number of halogens is 2. The zero-order valence-corrected chi connectivity index (χ0v) is 23.1. The molecule has 0 aliphatic carbocycles. The molecule has 1 aliphatic heterocycles. The number of amides is 4. The van der Waals surface area contributed by atoms with E-state index in [4.69, 9.17) is 27.9 Å². The topological polar surface area (TPSA) is 99.8 Å². The summed E-state index contributed by atoms with van der Waals surface area (Å²) in [7, 11) is 0. The number of benzene rings is 2. The first-order chi connectivity index (χ1) is 17.5. The van der Waals surface area contributed by atoms with Gasteiger partial charge in [0.15, 0.2) is 0 Å². The number of hydrogen-bond donors (Lipinski definition) is 3. The fraction of sp³-hybridized carbons (Fsp3) is 0.444. The van der Waals surface area contributed by atoms with Crippen LogP contribution in [0.3, 0.4) is 0 Å². The minimum absolute atomic E-state index is 0.225. The van der Waals surface area contributed by atoms with Crippen LogP contribution in [0.5, 0.6) is 0 Å². The lowest BCUT2D eigenvalue weighted by molar-refractivity contribution is -0.118. The molecule has 1 atom stereocenters. The molecule has 2 aromatic carbocycles. The maximum Gasteiger partial charge on any atom is 0.408 e. The number of ether oxygens (including phenoxy) is 1. The van der Waals surface area contributed by atoms with Crippen LogP contribution >= 0.6 is 23.2 Å². The number of carbonyl (C=O) groups excluding carboxylic acids is 3. The predicted octanol–water partition coefficient (Wildman–Crippen LogP) is 6.65. The molecule has 3 N–H and O–H groups in total. The molecule has 0 radical (unpaired) electrons. The molecule has 4 amide bonds. The lowest BCUT2D eigenvalue weighted by Gasteiger charge is -2.32. The van der Waals surface area contributed by atoms with Crippen LogP contribution in [-0.4, -0.2) is 47.7 Å². The van der Waals surface area contributed by atoms with Crippen LogP contribution in [-0.2, 0) is 9.53 Å². The van der Waals surface area contributed by atoms with Gasteiger partial charge < -0.3 is 25.6 Å². The maximum absolute atomic E-state index is 12.7. The summed E-state index contributed by atoms with van der Waals surface area (Å²) in [5.41, 5.74) is 1.57. The summed E-state index contributed by atoms with van der Waals surface area (Å²) >= 11 is 12.3. The van der Waals surface area contributed by atoms with E-state index in [1.807, 2.05) is 31.2 Å². The highest BCUT2D eigenvalue weighted by Gasteiger charge is 2.26. The van der Waals surface area contributed by atoms with Gasteiger partial charge in [0.2, 0.25) is 5.91 Å². The second-order valence-corrected chi connectivity index (χ2v) is 10.8. The molecule has 1 heterocycles. The number of rotatable bonds is 6. The van der Waals surface area contributed by atoms with Crippen LogP contribution in [0.4, 0.5) is 21.0 Å². The summed E-state index contributed by atoms with van der Waals surface area (Å²) in [4.78, 5) is 39.2.